The maximum Gasteiger partial charge on any atom is 0.411 e. The van der Waals surface area contributed by atoms with E-state index in [1.165, 1.54) is 0 Å². The number of benzene rings is 2. The molecular formula is C28H32N6O6. The highest BCUT2D eigenvalue weighted by molar-refractivity contribution is 5.95. The van der Waals surface area contributed by atoms with Crippen LogP contribution in [0, 0.1) is 0 Å². The highest BCUT2D eigenvalue weighted by Crippen LogP contribution is 2.20. The Labute approximate surface area is 229 Å². The quantitative estimate of drug-likeness (QED) is 0.117. The fourth-order valence-corrected chi connectivity index (χ4v) is 4.74. The normalized spacial score (nSPS) is 12.7. The van der Waals surface area contributed by atoms with Gasteiger partial charge in [0.05, 0.1) is 12.1 Å². The van der Waals surface area contributed by atoms with Crippen molar-refractivity contribution < 1.29 is 29.4 Å². The molecule has 2 unspecified atom stereocenters. The summed E-state index contributed by atoms with van der Waals surface area (Å²) in [5, 5.41) is 30.1. The summed E-state index contributed by atoms with van der Waals surface area (Å²) < 4.78 is 0. The third-order valence-electron chi connectivity index (χ3n) is 6.68. The van der Waals surface area contributed by atoms with Crippen LogP contribution in [0.4, 0.5) is 9.59 Å². The van der Waals surface area contributed by atoms with Crippen LogP contribution in [0.3, 0.4) is 0 Å². The van der Waals surface area contributed by atoms with Gasteiger partial charge in [-0.25, -0.2) is 9.59 Å². The SMILES string of the molecule is O=C(O)NC(=O)C(Cc1c[nH]c2ccccc12)NCCCCNC(Cc1c[nH]c2ccccc12)C(=O)NC(=O)O. The van der Waals surface area contributed by atoms with Crippen LogP contribution < -0.4 is 21.3 Å². The lowest BCUT2D eigenvalue weighted by Gasteiger charge is -2.18. The van der Waals surface area contributed by atoms with Crippen LogP contribution in [0.5, 0.6) is 0 Å². The Balaban J connectivity index is 1.31. The topological polar surface area (TPSA) is 188 Å². The number of aromatic nitrogens is 2. The zero-order valence-electron chi connectivity index (χ0n) is 21.7. The Morgan fingerprint density at radius 1 is 0.650 bits per heavy atom. The molecule has 0 bridgehead atoms. The number of rotatable bonds is 13. The number of carbonyl (C=O) groups is 4. The number of carboxylic acid groups (broad SMARTS) is 2. The Hall–Kier alpha value is -4.68. The van der Waals surface area contributed by atoms with Gasteiger partial charge in [0.2, 0.25) is 11.8 Å². The average Bonchev–Trinajstić information content (AvgIpc) is 3.52. The number of aromatic amines is 2. The smallest absolute Gasteiger partial charge is 0.411 e. The van der Waals surface area contributed by atoms with E-state index in [1.807, 2.05) is 71.6 Å². The molecule has 2 heterocycles. The molecule has 0 aliphatic rings. The number of nitrogens with one attached hydrogen (secondary N) is 6. The molecule has 0 radical (unpaired) electrons. The molecule has 0 aliphatic heterocycles. The molecule has 0 aliphatic carbocycles. The minimum absolute atomic E-state index is 0.295. The van der Waals surface area contributed by atoms with E-state index in [0.29, 0.717) is 38.8 Å². The van der Waals surface area contributed by atoms with Crippen molar-refractivity contribution in [2.24, 2.45) is 0 Å². The number of fused-ring (bicyclic) bond motifs is 2. The molecule has 2 aromatic carbocycles. The number of imide groups is 2. The van der Waals surface area contributed by atoms with Crippen LogP contribution in [0.25, 0.3) is 21.8 Å². The van der Waals surface area contributed by atoms with Gasteiger partial charge in [0.15, 0.2) is 0 Å². The van der Waals surface area contributed by atoms with Crippen LogP contribution in [-0.4, -0.2) is 69.4 Å². The zero-order chi connectivity index (χ0) is 28.5. The van der Waals surface area contributed by atoms with Gasteiger partial charge >= 0.3 is 12.2 Å². The number of unbranched alkanes of at least 4 members (excludes halogenated alkanes) is 1. The first-order valence-electron chi connectivity index (χ1n) is 13.0. The molecule has 4 amide bonds. The largest absolute Gasteiger partial charge is 0.465 e. The van der Waals surface area contributed by atoms with E-state index in [0.717, 1.165) is 32.9 Å². The summed E-state index contributed by atoms with van der Waals surface area (Å²) >= 11 is 0. The molecule has 12 nitrogen and oxygen atoms in total. The fourth-order valence-electron chi connectivity index (χ4n) is 4.74. The van der Waals surface area contributed by atoms with Crippen molar-refractivity contribution in [2.75, 3.05) is 13.1 Å². The number of hydrogen-bond donors (Lipinski definition) is 8. The second kappa shape index (κ2) is 13.4. The molecule has 4 aromatic rings. The zero-order valence-corrected chi connectivity index (χ0v) is 21.7. The molecule has 12 heteroatoms. The fraction of sp³-hybridized carbons (Fsp3) is 0.286. The van der Waals surface area contributed by atoms with E-state index in [-0.39, 0.29) is 0 Å². The monoisotopic (exact) mass is 548 g/mol. The van der Waals surface area contributed by atoms with Gasteiger partial charge in [-0.2, -0.15) is 0 Å². The Morgan fingerprint density at radius 3 is 1.45 bits per heavy atom. The van der Waals surface area contributed by atoms with Crippen molar-refractivity contribution in [3.05, 3.63) is 72.1 Å². The first-order valence-corrected chi connectivity index (χ1v) is 13.0. The van der Waals surface area contributed by atoms with Crippen LogP contribution in [0.2, 0.25) is 0 Å². The van der Waals surface area contributed by atoms with Crippen molar-refractivity contribution in [1.29, 1.82) is 0 Å². The van der Waals surface area contributed by atoms with E-state index in [1.54, 1.807) is 0 Å². The van der Waals surface area contributed by atoms with E-state index in [9.17, 15) is 19.2 Å². The number of hydrogen-bond acceptors (Lipinski definition) is 6. The highest BCUT2D eigenvalue weighted by atomic mass is 16.4. The summed E-state index contributed by atoms with van der Waals surface area (Å²) in [6, 6.07) is 13.8. The standard InChI is InChI=1S/C28H32N6O6/c35-25(33-27(37)38)23(13-17-15-31-21-9-3-1-7-19(17)21)29-11-5-6-12-30-24(26(36)34-28(39)40)14-18-16-32-22-10-4-2-8-20(18)22/h1-4,7-10,15-16,23-24,29-32H,5-6,11-14H2,(H,33,35)(H,34,36)(H,37,38)(H,39,40). The molecule has 0 fully saturated rings. The van der Waals surface area contributed by atoms with Gasteiger partial charge in [-0.15, -0.1) is 0 Å². The third-order valence-corrected chi connectivity index (χ3v) is 6.68. The van der Waals surface area contributed by atoms with Crippen LogP contribution in [0.15, 0.2) is 60.9 Å². The Bertz CT molecular complexity index is 1380. The Kier molecular flexibility index (Phi) is 9.49. The summed E-state index contributed by atoms with van der Waals surface area (Å²) in [5.74, 6) is -1.28. The highest BCUT2D eigenvalue weighted by Gasteiger charge is 2.23. The van der Waals surface area contributed by atoms with E-state index < -0.39 is 36.1 Å². The van der Waals surface area contributed by atoms with Gasteiger partial charge in [-0.1, -0.05) is 36.4 Å². The van der Waals surface area contributed by atoms with Crippen molar-refractivity contribution in [2.45, 2.75) is 37.8 Å². The molecule has 210 valence electrons. The van der Waals surface area contributed by atoms with Crippen molar-refractivity contribution in [3.8, 4) is 0 Å². The van der Waals surface area contributed by atoms with Gasteiger partial charge in [0.1, 0.15) is 0 Å². The van der Waals surface area contributed by atoms with E-state index >= 15 is 0 Å². The lowest BCUT2D eigenvalue weighted by Crippen LogP contribution is -2.48. The van der Waals surface area contributed by atoms with Crippen molar-refractivity contribution in [1.82, 2.24) is 31.2 Å². The lowest BCUT2D eigenvalue weighted by atomic mass is 10.0. The average molecular weight is 549 g/mol. The van der Waals surface area contributed by atoms with Gasteiger partial charge < -0.3 is 30.8 Å². The second-order valence-corrected chi connectivity index (χ2v) is 9.44. The van der Waals surface area contributed by atoms with Gasteiger partial charge in [-0.3, -0.25) is 20.2 Å². The molecule has 0 spiro atoms. The predicted octanol–water partition coefficient (Wildman–Crippen LogP) is 2.72. The molecule has 0 saturated carbocycles. The van der Waals surface area contributed by atoms with Crippen LogP contribution in [0.1, 0.15) is 24.0 Å². The van der Waals surface area contributed by atoms with Gasteiger partial charge in [-0.05, 0) is 62.0 Å². The van der Waals surface area contributed by atoms with Gasteiger partial charge in [0.25, 0.3) is 0 Å². The van der Waals surface area contributed by atoms with E-state index in [4.69, 9.17) is 10.2 Å². The summed E-state index contributed by atoms with van der Waals surface area (Å²) in [6.07, 6.45) is 2.63. The minimum Gasteiger partial charge on any atom is -0.465 e. The maximum atomic E-state index is 12.6. The van der Waals surface area contributed by atoms with Crippen molar-refractivity contribution >= 4 is 45.8 Å². The molecule has 8 N–H and O–H groups in total. The van der Waals surface area contributed by atoms with Crippen LogP contribution in [-0.2, 0) is 22.4 Å². The number of para-hydroxylation sites is 2. The number of carbonyl (C=O) groups excluding carboxylic acids is 2. The minimum atomic E-state index is -1.42. The second-order valence-electron chi connectivity index (χ2n) is 9.44. The molecule has 0 saturated heterocycles. The number of amides is 4. The van der Waals surface area contributed by atoms with Gasteiger partial charge in [0, 0.05) is 34.2 Å². The van der Waals surface area contributed by atoms with E-state index in [2.05, 4.69) is 20.6 Å². The first-order chi connectivity index (χ1) is 19.3. The molecular weight excluding hydrogens is 516 g/mol. The molecule has 40 heavy (non-hydrogen) atoms. The summed E-state index contributed by atoms with van der Waals surface area (Å²) in [7, 11) is 0. The maximum absolute atomic E-state index is 12.6. The van der Waals surface area contributed by atoms with Crippen LogP contribution >= 0.6 is 0 Å². The summed E-state index contributed by atoms with van der Waals surface area (Å²) in [6.45, 7) is 0.854. The molecule has 2 aromatic heterocycles. The first kappa shape index (κ1) is 28.3. The summed E-state index contributed by atoms with van der Waals surface area (Å²) in [5.41, 5.74) is 3.63. The van der Waals surface area contributed by atoms with Crippen molar-refractivity contribution in [3.63, 3.8) is 0 Å². The predicted molar refractivity (Wildman–Crippen MR) is 149 cm³/mol. The molecule has 4 rings (SSSR count). The Morgan fingerprint density at radius 2 is 1.05 bits per heavy atom. The third kappa shape index (κ3) is 7.46. The summed E-state index contributed by atoms with van der Waals surface area (Å²) in [4.78, 5) is 53.6. The number of H-pyrrole nitrogens is 2. The molecule has 2 atom stereocenters. The lowest BCUT2D eigenvalue weighted by molar-refractivity contribution is -0.123.